The molecule has 1 unspecified atom stereocenters. The van der Waals surface area contributed by atoms with Gasteiger partial charge in [0.1, 0.15) is 0 Å². The largest absolute Gasteiger partial charge is 0.398 e. The van der Waals surface area contributed by atoms with Crippen LogP contribution >= 0.6 is 0 Å². The Balaban J connectivity index is 1.47. The van der Waals surface area contributed by atoms with Gasteiger partial charge in [0.05, 0.1) is 11.4 Å². The summed E-state index contributed by atoms with van der Waals surface area (Å²) in [6.45, 7) is 10.1. The van der Waals surface area contributed by atoms with Crippen LogP contribution in [0.1, 0.15) is 80.5 Å². The minimum atomic E-state index is 0.371. The summed E-state index contributed by atoms with van der Waals surface area (Å²) < 4.78 is 0. The molecule has 4 rings (SSSR count). The van der Waals surface area contributed by atoms with E-state index in [2.05, 4.69) is 60.9 Å². The third kappa shape index (κ3) is 6.42. The Morgan fingerprint density at radius 1 is 1.08 bits per heavy atom. The molecule has 3 aromatic rings. The maximum atomic E-state index is 8.79. The minimum Gasteiger partial charge on any atom is -0.398 e. The first-order valence-electron chi connectivity index (χ1n) is 13.6. The molecule has 0 saturated carbocycles. The maximum absolute atomic E-state index is 8.79. The zero-order chi connectivity index (χ0) is 26.4. The monoisotopic (exact) mass is 492 g/mol. The number of likely N-dealkylation sites (tertiary alicyclic amines) is 1. The predicted octanol–water partition coefficient (Wildman–Crippen LogP) is 7.31. The van der Waals surface area contributed by atoms with Gasteiger partial charge in [0.2, 0.25) is 0 Å². The van der Waals surface area contributed by atoms with Crippen LogP contribution in [0.4, 0.5) is 5.69 Å². The topological polar surface area (TPSA) is 68.9 Å². The average molecular weight is 493 g/mol. The molecule has 0 radical (unpaired) electrons. The molecular weight excluding hydrogens is 452 g/mol. The molecule has 0 bridgehead atoms. The molecule has 4 N–H and O–H groups in total. The molecule has 0 spiro atoms. The molecule has 4 heteroatoms. The lowest BCUT2D eigenvalue weighted by molar-refractivity contribution is 0.207. The first-order valence-corrected chi connectivity index (χ1v) is 13.6. The van der Waals surface area contributed by atoms with Crippen molar-refractivity contribution in [3.05, 3.63) is 82.7 Å². The van der Waals surface area contributed by atoms with E-state index in [-0.39, 0.29) is 0 Å². The summed E-state index contributed by atoms with van der Waals surface area (Å²) in [6.07, 6.45) is 15.4. The molecule has 1 aliphatic rings. The number of benzene rings is 2. The third-order valence-corrected chi connectivity index (χ3v) is 7.48. The van der Waals surface area contributed by atoms with E-state index in [0.29, 0.717) is 28.8 Å². The van der Waals surface area contributed by atoms with Gasteiger partial charge in [0, 0.05) is 29.1 Å². The van der Waals surface area contributed by atoms with Crippen LogP contribution in [0.3, 0.4) is 0 Å². The number of anilines is 1. The highest BCUT2D eigenvalue weighted by Gasteiger charge is 2.15. The first-order chi connectivity index (χ1) is 17.9. The summed E-state index contributed by atoms with van der Waals surface area (Å²) in [6, 6.07) is 16.1. The number of nitrogens with two attached hydrogens (primary N) is 1. The number of piperidine rings is 1. The fourth-order valence-electron chi connectivity index (χ4n) is 5.17. The highest BCUT2D eigenvalue weighted by molar-refractivity contribution is 6.13. The molecule has 2 heterocycles. The number of hydrogen-bond donors (Lipinski definition) is 3. The molecule has 1 atom stereocenters. The molecule has 1 saturated heterocycles. The zero-order valence-electron chi connectivity index (χ0n) is 22.5. The van der Waals surface area contributed by atoms with Gasteiger partial charge < -0.3 is 15.6 Å². The van der Waals surface area contributed by atoms with Crippen LogP contribution in [0.5, 0.6) is 0 Å². The lowest BCUT2D eigenvalue weighted by Gasteiger charge is -2.29. The number of nitrogen functional groups attached to an aromatic ring is 1. The summed E-state index contributed by atoms with van der Waals surface area (Å²) >= 11 is 0. The van der Waals surface area contributed by atoms with Crippen molar-refractivity contribution in [1.29, 1.82) is 5.41 Å². The van der Waals surface area contributed by atoms with E-state index >= 15 is 0 Å². The van der Waals surface area contributed by atoms with Gasteiger partial charge in [0.15, 0.2) is 0 Å². The molecule has 192 valence electrons. The average Bonchev–Trinajstić information content (AvgIpc) is 3.39. The fraction of sp³-hybridized carbons (Fsp3) is 0.364. The van der Waals surface area contributed by atoms with Crippen molar-refractivity contribution >= 4 is 17.5 Å². The van der Waals surface area contributed by atoms with Gasteiger partial charge in [-0.2, -0.15) is 0 Å². The van der Waals surface area contributed by atoms with Crippen LogP contribution in [0.2, 0.25) is 0 Å². The second-order valence-electron chi connectivity index (χ2n) is 10.5. The van der Waals surface area contributed by atoms with Crippen LogP contribution in [-0.2, 0) is 0 Å². The van der Waals surface area contributed by atoms with E-state index in [4.69, 9.17) is 17.6 Å². The van der Waals surface area contributed by atoms with E-state index in [1.807, 2.05) is 36.4 Å². The Morgan fingerprint density at radius 3 is 2.49 bits per heavy atom. The standard InChI is InChI=1S/C33H40N4/c1-5-24(22-37-18-8-7-9-19-37)10-13-28-14-17-32(36-28)33(35)30-16-12-27(21-31(30)34)26-11-15-29(23(3)4)25(6-2)20-26/h2,10-17,20-21,23-24,35-36H,5,7-9,18-19,22,34H2,1,3-4H3/b13-10-,35-33?. The molecular formula is C33H40N4. The van der Waals surface area contributed by atoms with Crippen molar-refractivity contribution in [2.75, 3.05) is 25.4 Å². The molecule has 1 aliphatic heterocycles. The van der Waals surface area contributed by atoms with Gasteiger partial charge in [-0.3, -0.25) is 5.41 Å². The van der Waals surface area contributed by atoms with Gasteiger partial charge in [-0.1, -0.05) is 63.5 Å². The minimum absolute atomic E-state index is 0.371. The Labute approximate surface area is 222 Å². The first kappa shape index (κ1) is 26.5. The zero-order valence-corrected chi connectivity index (χ0v) is 22.5. The summed E-state index contributed by atoms with van der Waals surface area (Å²) in [7, 11) is 0. The Hall–Kier alpha value is -3.55. The number of aromatic nitrogens is 1. The van der Waals surface area contributed by atoms with E-state index < -0.39 is 0 Å². The van der Waals surface area contributed by atoms with E-state index in [1.165, 1.54) is 37.9 Å². The highest BCUT2D eigenvalue weighted by atomic mass is 15.1. The van der Waals surface area contributed by atoms with Gasteiger partial charge >= 0.3 is 0 Å². The quantitative estimate of drug-likeness (QED) is 0.166. The molecule has 0 aliphatic carbocycles. The smallest absolute Gasteiger partial charge is 0.0867 e. The number of rotatable bonds is 9. The van der Waals surface area contributed by atoms with E-state index in [9.17, 15) is 0 Å². The van der Waals surface area contributed by atoms with Crippen LogP contribution < -0.4 is 5.73 Å². The lowest BCUT2D eigenvalue weighted by atomic mass is 9.92. The Kier molecular flexibility index (Phi) is 8.69. The predicted molar refractivity (Wildman–Crippen MR) is 158 cm³/mol. The summed E-state index contributed by atoms with van der Waals surface area (Å²) in [5.74, 6) is 3.73. The van der Waals surface area contributed by atoms with Gasteiger partial charge in [-0.15, -0.1) is 6.42 Å². The van der Waals surface area contributed by atoms with Crippen molar-refractivity contribution in [1.82, 2.24) is 9.88 Å². The molecule has 1 aromatic heterocycles. The highest BCUT2D eigenvalue weighted by Crippen LogP contribution is 2.29. The molecule has 1 fully saturated rings. The maximum Gasteiger partial charge on any atom is 0.0867 e. The van der Waals surface area contributed by atoms with Crippen molar-refractivity contribution in [2.45, 2.75) is 52.4 Å². The molecule has 2 aromatic carbocycles. The van der Waals surface area contributed by atoms with Gasteiger partial charge in [0.25, 0.3) is 0 Å². The number of nitrogens with one attached hydrogen (secondary N) is 2. The van der Waals surface area contributed by atoms with Crippen molar-refractivity contribution in [3.63, 3.8) is 0 Å². The van der Waals surface area contributed by atoms with Crippen molar-refractivity contribution in [3.8, 4) is 23.5 Å². The number of nitrogens with zero attached hydrogens (tertiary/aromatic N) is 1. The molecule has 4 nitrogen and oxygen atoms in total. The van der Waals surface area contributed by atoms with Gasteiger partial charge in [-0.25, -0.2) is 0 Å². The molecule has 37 heavy (non-hydrogen) atoms. The number of aromatic amines is 1. The second kappa shape index (κ2) is 12.1. The Morgan fingerprint density at radius 2 is 1.81 bits per heavy atom. The Bertz CT molecular complexity index is 1300. The third-order valence-electron chi connectivity index (χ3n) is 7.48. The van der Waals surface area contributed by atoms with E-state index in [1.54, 1.807) is 0 Å². The van der Waals surface area contributed by atoms with Gasteiger partial charge in [-0.05, 0) is 91.2 Å². The number of H-pyrrole nitrogens is 1. The molecule has 0 amide bonds. The van der Waals surface area contributed by atoms with Crippen LogP contribution in [0.15, 0.2) is 54.6 Å². The van der Waals surface area contributed by atoms with Crippen molar-refractivity contribution in [2.24, 2.45) is 5.92 Å². The fourth-order valence-corrected chi connectivity index (χ4v) is 5.17. The lowest BCUT2D eigenvalue weighted by Crippen LogP contribution is -2.33. The van der Waals surface area contributed by atoms with Crippen LogP contribution in [0.25, 0.3) is 17.2 Å². The number of hydrogen-bond acceptors (Lipinski definition) is 3. The number of terminal acetylenes is 1. The summed E-state index contributed by atoms with van der Waals surface area (Å²) in [5, 5.41) is 8.79. The van der Waals surface area contributed by atoms with Crippen molar-refractivity contribution < 1.29 is 0 Å². The van der Waals surface area contributed by atoms with E-state index in [0.717, 1.165) is 41.0 Å². The SMILES string of the molecule is C#Cc1cc(-c2ccc(C(=N)c3ccc(/C=C\C(CC)CN4CCCCC4)[nH]3)c(N)c2)ccc1C(C)C. The van der Waals surface area contributed by atoms with Crippen LogP contribution in [0, 0.1) is 23.7 Å². The normalized spacial score (nSPS) is 15.2. The summed E-state index contributed by atoms with van der Waals surface area (Å²) in [4.78, 5) is 5.99. The van der Waals surface area contributed by atoms with Crippen LogP contribution in [-0.4, -0.2) is 35.2 Å². The second-order valence-corrected chi connectivity index (χ2v) is 10.5. The summed E-state index contributed by atoms with van der Waals surface area (Å²) in [5.41, 5.74) is 14.0.